The summed E-state index contributed by atoms with van der Waals surface area (Å²) in [6, 6.07) is 12.6. The Kier molecular flexibility index (Phi) is 3.27. The molecule has 1 amide bonds. The minimum absolute atomic E-state index is 0.194. The van der Waals surface area contributed by atoms with E-state index in [1.165, 1.54) is 5.56 Å². The third-order valence-electron chi connectivity index (χ3n) is 4.45. The Hall–Kier alpha value is -2.46. The maximum atomic E-state index is 11.5. The zero-order chi connectivity index (χ0) is 16.0. The molecule has 1 atom stereocenters. The monoisotopic (exact) mass is 326 g/mol. The summed E-state index contributed by atoms with van der Waals surface area (Å²) < 4.78 is 0. The van der Waals surface area contributed by atoms with E-state index in [9.17, 15) is 9.90 Å². The van der Waals surface area contributed by atoms with Gasteiger partial charge in [-0.25, -0.2) is 0 Å². The van der Waals surface area contributed by atoms with Gasteiger partial charge < -0.3 is 15.0 Å². The van der Waals surface area contributed by atoms with Gasteiger partial charge in [-0.15, -0.1) is 0 Å². The number of amides is 1. The number of fused-ring (bicyclic) bond motifs is 3. The molecule has 4 nitrogen and oxygen atoms in total. The van der Waals surface area contributed by atoms with Crippen molar-refractivity contribution < 1.29 is 9.90 Å². The number of benzene rings is 2. The number of aromatic nitrogens is 1. The summed E-state index contributed by atoms with van der Waals surface area (Å²) in [4.78, 5) is 16.7. The number of phenols is 1. The van der Waals surface area contributed by atoms with Gasteiger partial charge in [0, 0.05) is 28.2 Å². The summed E-state index contributed by atoms with van der Waals surface area (Å²) in [7, 11) is 0. The van der Waals surface area contributed by atoms with Crippen LogP contribution in [0.4, 0.5) is 0 Å². The van der Waals surface area contributed by atoms with Crippen LogP contribution >= 0.6 is 11.6 Å². The predicted octanol–water partition coefficient (Wildman–Crippen LogP) is 3.63. The second kappa shape index (κ2) is 5.32. The average Bonchev–Trinajstić information content (AvgIpc) is 2.91. The Bertz CT molecular complexity index is 903. The number of carbonyl (C=O) groups is 1. The van der Waals surface area contributed by atoms with Crippen LogP contribution < -0.4 is 0 Å². The zero-order valence-corrected chi connectivity index (χ0v) is 13.0. The Morgan fingerprint density at radius 1 is 1.26 bits per heavy atom. The molecule has 1 aliphatic heterocycles. The number of hydrogen-bond donors (Lipinski definition) is 2. The van der Waals surface area contributed by atoms with Crippen molar-refractivity contribution in [3.8, 4) is 5.75 Å². The molecule has 4 rings (SSSR count). The van der Waals surface area contributed by atoms with E-state index in [2.05, 4.69) is 4.98 Å². The van der Waals surface area contributed by atoms with Crippen LogP contribution in [0, 0.1) is 0 Å². The molecule has 0 spiro atoms. The van der Waals surface area contributed by atoms with Gasteiger partial charge >= 0.3 is 0 Å². The van der Waals surface area contributed by atoms with Gasteiger partial charge in [0.25, 0.3) is 0 Å². The molecule has 0 fully saturated rings. The first-order valence-electron chi connectivity index (χ1n) is 7.47. The molecule has 5 heteroatoms. The molecule has 3 aromatic rings. The largest absolute Gasteiger partial charge is 0.508 e. The molecule has 0 bridgehead atoms. The van der Waals surface area contributed by atoms with Crippen molar-refractivity contribution in [3.63, 3.8) is 0 Å². The summed E-state index contributed by atoms with van der Waals surface area (Å²) in [6.07, 6.45) is 1.65. The van der Waals surface area contributed by atoms with Gasteiger partial charge in [-0.1, -0.05) is 23.7 Å². The smallest absolute Gasteiger partial charge is 0.210 e. The molecule has 23 heavy (non-hydrogen) atoms. The first kappa shape index (κ1) is 14.2. The standard InChI is InChI=1S/C18H15ClN2O2/c19-12-4-5-16-15(9-12)14-6-7-21(10-22)18(17(14)20-16)11-2-1-3-13(23)8-11/h1-5,8-10,18,20,23H,6-7H2. The van der Waals surface area contributed by atoms with Crippen LogP contribution in [0.25, 0.3) is 10.9 Å². The molecule has 0 saturated heterocycles. The number of nitrogens with zero attached hydrogens (tertiary/aromatic N) is 1. The molecule has 0 saturated carbocycles. The normalized spacial score (nSPS) is 17.3. The quantitative estimate of drug-likeness (QED) is 0.706. The molecule has 2 N–H and O–H groups in total. The van der Waals surface area contributed by atoms with E-state index in [0.29, 0.717) is 11.6 Å². The molecule has 0 radical (unpaired) electrons. The number of H-pyrrole nitrogens is 1. The maximum Gasteiger partial charge on any atom is 0.210 e. The Morgan fingerprint density at radius 3 is 2.91 bits per heavy atom. The van der Waals surface area contributed by atoms with Gasteiger partial charge in [0.2, 0.25) is 6.41 Å². The van der Waals surface area contributed by atoms with E-state index in [0.717, 1.165) is 35.0 Å². The lowest BCUT2D eigenvalue weighted by Gasteiger charge is -2.33. The number of rotatable bonds is 2. The summed E-state index contributed by atoms with van der Waals surface area (Å²) in [5, 5.41) is 11.6. The van der Waals surface area contributed by atoms with Crippen molar-refractivity contribution in [2.75, 3.05) is 6.54 Å². The van der Waals surface area contributed by atoms with Crippen LogP contribution in [0.2, 0.25) is 5.02 Å². The third kappa shape index (κ3) is 2.26. The fourth-order valence-corrected chi connectivity index (χ4v) is 3.62. The lowest BCUT2D eigenvalue weighted by molar-refractivity contribution is -0.120. The second-order valence-corrected chi connectivity index (χ2v) is 6.23. The van der Waals surface area contributed by atoms with E-state index < -0.39 is 0 Å². The fourth-order valence-electron chi connectivity index (χ4n) is 3.45. The number of aromatic hydroxyl groups is 1. The second-order valence-electron chi connectivity index (χ2n) is 5.80. The Labute approximate surface area is 138 Å². The van der Waals surface area contributed by atoms with Gasteiger partial charge in [-0.3, -0.25) is 4.79 Å². The van der Waals surface area contributed by atoms with E-state index in [-0.39, 0.29) is 11.8 Å². The molecule has 116 valence electrons. The summed E-state index contributed by atoms with van der Waals surface area (Å²) in [6.45, 7) is 0.635. The van der Waals surface area contributed by atoms with Crippen molar-refractivity contribution in [2.24, 2.45) is 0 Å². The van der Waals surface area contributed by atoms with Crippen LogP contribution in [0.15, 0.2) is 42.5 Å². The number of phenolic OH excluding ortho intramolecular Hbond substituents is 1. The minimum Gasteiger partial charge on any atom is -0.508 e. The molecule has 1 unspecified atom stereocenters. The van der Waals surface area contributed by atoms with Crippen molar-refractivity contribution in [1.29, 1.82) is 0 Å². The van der Waals surface area contributed by atoms with Gasteiger partial charge in [0.15, 0.2) is 0 Å². The van der Waals surface area contributed by atoms with Crippen molar-refractivity contribution >= 4 is 28.9 Å². The fraction of sp³-hybridized carbons (Fsp3) is 0.167. The predicted molar refractivity (Wildman–Crippen MR) is 89.7 cm³/mol. The number of nitrogens with one attached hydrogen (secondary N) is 1. The van der Waals surface area contributed by atoms with E-state index in [4.69, 9.17) is 11.6 Å². The number of aromatic amines is 1. The molecular formula is C18H15ClN2O2. The highest BCUT2D eigenvalue weighted by molar-refractivity contribution is 6.31. The highest BCUT2D eigenvalue weighted by Crippen LogP contribution is 2.38. The molecule has 2 heterocycles. The van der Waals surface area contributed by atoms with Crippen LogP contribution in [-0.2, 0) is 11.2 Å². The van der Waals surface area contributed by atoms with E-state index in [1.807, 2.05) is 24.3 Å². The zero-order valence-electron chi connectivity index (χ0n) is 12.3. The molecule has 1 aliphatic rings. The number of hydrogen-bond acceptors (Lipinski definition) is 2. The Morgan fingerprint density at radius 2 is 2.13 bits per heavy atom. The first-order chi connectivity index (χ1) is 11.2. The molecule has 0 aliphatic carbocycles. The number of carbonyl (C=O) groups excluding carboxylic acids is 1. The van der Waals surface area contributed by atoms with Gasteiger partial charge in [-0.2, -0.15) is 0 Å². The Balaban J connectivity index is 1.94. The summed E-state index contributed by atoms with van der Waals surface area (Å²) in [5.74, 6) is 0.194. The third-order valence-corrected chi connectivity index (χ3v) is 4.68. The maximum absolute atomic E-state index is 11.5. The minimum atomic E-state index is -0.227. The topological polar surface area (TPSA) is 56.3 Å². The van der Waals surface area contributed by atoms with E-state index in [1.54, 1.807) is 23.1 Å². The molecule has 1 aromatic heterocycles. The van der Waals surface area contributed by atoms with E-state index >= 15 is 0 Å². The van der Waals surface area contributed by atoms with Gasteiger partial charge in [0.1, 0.15) is 5.75 Å². The lowest BCUT2D eigenvalue weighted by Crippen LogP contribution is -2.34. The van der Waals surface area contributed by atoms with Crippen LogP contribution in [0.3, 0.4) is 0 Å². The van der Waals surface area contributed by atoms with Crippen molar-refractivity contribution in [3.05, 3.63) is 64.3 Å². The highest BCUT2D eigenvalue weighted by Gasteiger charge is 2.31. The highest BCUT2D eigenvalue weighted by atomic mass is 35.5. The van der Waals surface area contributed by atoms with Crippen LogP contribution in [0.1, 0.15) is 22.9 Å². The van der Waals surface area contributed by atoms with Crippen LogP contribution in [-0.4, -0.2) is 27.9 Å². The van der Waals surface area contributed by atoms with Crippen molar-refractivity contribution in [2.45, 2.75) is 12.5 Å². The average molecular weight is 327 g/mol. The van der Waals surface area contributed by atoms with Crippen molar-refractivity contribution in [1.82, 2.24) is 9.88 Å². The summed E-state index contributed by atoms with van der Waals surface area (Å²) in [5.41, 5.74) is 4.08. The summed E-state index contributed by atoms with van der Waals surface area (Å²) >= 11 is 6.13. The van der Waals surface area contributed by atoms with Gasteiger partial charge in [0.05, 0.1) is 6.04 Å². The first-order valence-corrected chi connectivity index (χ1v) is 7.85. The molecular weight excluding hydrogens is 312 g/mol. The number of halogens is 1. The lowest BCUT2D eigenvalue weighted by atomic mass is 9.93. The molecule has 2 aromatic carbocycles. The van der Waals surface area contributed by atoms with Gasteiger partial charge in [-0.05, 0) is 47.9 Å². The van der Waals surface area contributed by atoms with Crippen LogP contribution in [0.5, 0.6) is 5.75 Å². The SMILES string of the molecule is O=CN1CCc2c([nH]c3ccc(Cl)cc23)C1c1cccc(O)c1.